The molecule has 0 unspecified atom stereocenters. The summed E-state index contributed by atoms with van der Waals surface area (Å²) in [5.74, 6) is 0.688. The molecular formula is C52H36N4. The van der Waals surface area contributed by atoms with Crippen LogP contribution in [0.1, 0.15) is 25.0 Å². The molecule has 0 amide bonds. The van der Waals surface area contributed by atoms with Crippen LogP contribution in [0.5, 0.6) is 0 Å². The molecule has 0 N–H and O–H groups in total. The number of rotatable bonds is 5. The van der Waals surface area contributed by atoms with Gasteiger partial charge in [0, 0.05) is 49.5 Å². The van der Waals surface area contributed by atoms with Crippen LogP contribution in [-0.2, 0) is 5.41 Å². The summed E-state index contributed by atoms with van der Waals surface area (Å²) in [4.78, 5) is 15.8. The van der Waals surface area contributed by atoms with Crippen LogP contribution >= 0.6 is 0 Å². The van der Waals surface area contributed by atoms with E-state index in [2.05, 4.69) is 194 Å². The van der Waals surface area contributed by atoms with Crippen molar-refractivity contribution < 1.29 is 0 Å². The molecule has 0 radical (unpaired) electrons. The average molecular weight is 717 g/mol. The van der Waals surface area contributed by atoms with E-state index < -0.39 is 0 Å². The molecule has 3 aromatic heterocycles. The van der Waals surface area contributed by atoms with E-state index in [1.165, 1.54) is 27.6 Å². The van der Waals surface area contributed by atoms with E-state index in [0.29, 0.717) is 5.82 Å². The lowest BCUT2D eigenvalue weighted by Crippen LogP contribution is -2.14. The molecule has 0 fully saturated rings. The molecule has 7 aromatic carbocycles. The van der Waals surface area contributed by atoms with Gasteiger partial charge in [0.2, 0.25) is 0 Å². The Labute approximate surface area is 325 Å². The van der Waals surface area contributed by atoms with Gasteiger partial charge in [-0.1, -0.05) is 159 Å². The van der Waals surface area contributed by atoms with E-state index in [-0.39, 0.29) is 5.41 Å². The van der Waals surface area contributed by atoms with Crippen molar-refractivity contribution >= 4 is 32.7 Å². The van der Waals surface area contributed by atoms with Gasteiger partial charge < -0.3 is 4.57 Å². The van der Waals surface area contributed by atoms with Gasteiger partial charge >= 0.3 is 0 Å². The summed E-state index contributed by atoms with van der Waals surface area (Å²) in [5.41, 5.74) is 16.5. The fourth-order valence-corrected chi connectivity index (χ4v) is 8.86. The molecule has 264 valence electrons. The first-order chi connectivity index (χ1) is 27.5. The molecule has 0 saturated carbocycles. The fourth-order valence-electron chi connectivity index (χ4n) is 8.86. The van der Waals surface area contributed by atoms with Crippen LogP contribution in [0.15, 0.2) is 182 Å². The lowest BCUT2D eigenvalue weighted by atomic mass is 9.82. The molecular weight excluding hydrogens is 681 g/mol. The standard InChI is InChI=1S/C52H36N4/c1-52(2)42-22-12-9-19-38(42)39-30-29-36(31-43(39)52)46-32-45(33-15-5-3-6-16-33)54-51(55-46)35-27-25-34(26-28-35)49-48-41-21-11-14-24-47(41)56(37-17-7-4-8-18-37)50(48)40-20-10-13-23-44(40)53-49/h3-32H,1-2H3. The summed E-state index contributed by atoms with van der Waals surface area (Å²) in [7, 11) is 0. The highest BCUT2D eigenvalue weighted by atomic mass is 15.0. The zero-order chi connectivity index (χ0) is 37.4. The van der Waals surface area contributed by atoms with Crippen molar-refractivity contribution in [2.24, 2.45) is 0 Å². The highest BCUT2D eigenvalue weighted by Crippen LogP contribution is 2.49. The van der Waals surface area contributed by atoms with Gasteiger partial charge in [0.15, 0.2) is 5.82 Å². The predicted octanol–water partition coefficient (Wildman–Crippen LogP) is 13.1. The van der Waals surface area contributed by atoms with Crippen LogP contribution in [-0.4, -0.2) is 19.5 Å². The second kappa shape index (κ2) is 12.4. The first-order valence-electron chi connectivity index (χ1n) is 19.2. The molecule has 11 rings (SSSR count). The van der Waals surface area contributed by atoms with Crippen molar-refractivity contribution in [3.8, 4) is 62.0 Å². The third-order valence-corrected chi connectivity index (χ3v) is 11.6. The van der Waals surface area contributed by atoms with Crippen LogP contribution in [0.3, 0.4) is 0 Å². The highest BCUT2D eigenvalue weighted by Gasteiger charge is 2.35. The number of hydrogen-bond donors (Lipinski definition) is 0. The normalized spacial score (nSPS) is 13.0. The Balaban J connectivity index is 1.07. The lowest BCUT2D eigenvalue weighted by Gasteiger charge is -2.22. The second-order valence-corrected chi connectivity index (χ2v) is 15.2. The molecule has 56 heavy (non-hydrogen) atoms. The summed E-state index contributed by atoms with van der Waals surface area (Å²) in [6.45, 7) is 4.64. The van der Waals surface area contributed by atoms with E-state index in [4.69, 9.17) is 15.0 Å². The number of nitrogens with zero attached hydrogens (tertiary/aromatic N) is 4. The summed E-state index contributed by atoms with van der Waals surface area (Å²) in [6, 6.07) is 64.5. The number of aromatic nitrogens is 4. The third kappa shape index (κ3) is 4.96. The first-order valence-corrected chi connectivity index (χ1v) is 19.2. The molecule has 1 aliphatic rings. The first kappa shape index (κ1) is 32.3. The minimum atomic E-state index is -0.106. The SMILES string of the molecule is CC1(C)c2ccccc2-c2ccc(-c3cc(-c4ccccc4)nc(-c4ccc(-c5nc6ccccc6c6c5c5ccccc5n6-c5ccccc5)cc4)n3)cc21. The third-order valence-electron chi connectivity index (χ3n) is 11.6. The molecule has 0 bridgehead atoms. The van der Waals surface area contributed by atoms with E-state index in [1.54, 1.807) is 0 Å². The Morgan fingerprint density at radius 3 is 1.86 bits per heavy atom. The maximum Gasteiger partial charge on any atom is 0.160 e. The van der Waals surface area contributed by atoms with E-state index in [1.807, 2.05) is 6.07 Å². The van der Waals surface area contributed by atoms with Gasteiger partial charge in [0.25, 0.3) is 0 Å². The molecule has 4 heteroatoms. The predicted molar refractivity (Wildman–Crippen MR) is 231 cm³/mol. The van der Waals surface area contributed by atoms with Crippen molar-refractivity contribution in [3.63, 3.8) is 0 Å². The van der Waals surface area contributed by atoms with Gasteiger partial charge in [-0.2, -0.15) is 0 Å². The van der Waals surface area contributed by atoms with Gasteiger partial charge in [-0.05, 0) is 58.7 Å². The van der Waals surface area contributed by atoms with Gasteiger partial charge in [0.1, 0.15) is 0 Å². The highest BCUT2D eigenvalue weighted by molar-refractivity contribution is 6.22. The maximum absolute atomic E-state index is 5.35. The zero-order valence-corrected chi connectivity index (χ0v) is 31.1. The minimum absolute atomic E-state index is 0.106. The molecule has 1 aliphatic carbocycles. The molecule has 0 atom stereocenters. The van der Waals surface area contributed by atoms with Crippen LogP contribution in [0.4, 0.5) is 0 Å². The van der Waals surface area contributed by atoms with Gasteiger partial charge in [-0.3, -0.25) is 0 Å². The van der Waals surface area contributed by atoms with Crippen molar-refractivity contribution in [3.05, 3.63) is 193 Å². The van der Waals surface area contributed by atoms with E-state index >= 15 is 0 Å². The van der Waals surface area contributed by atoms with Crippen LogP contribution in [0.2, 0.25) is 0 Å². The smallest absolute Gasteiger partial charge is 0.160 e. The largest absolute Gasteiger partial charge is 0.308 e. The number of fused-ring (bicyclic) bond motifs is 8. The van der Waals surface area contributed by atoms with Crippen molar-refractivity contribution in [2.75, 3.05) is 0 Å². The zero-order valence-electron chi connectivity index (χ0n) is 31.1. The maximum atomic E-state index is 5.35. The van der Waals surface area contributed by atoms with Gasteiger partial charge in [-0.25, -0.2) is 15.0 Å². The molecule has 10 aromatic rings. The molecule has 0 saturated heterocycles. The number of para-hydroxylation sites is 3. The van der Waals surface area contributed by atoms with Crippen LogP contribution in [0, 0.1) is 0 Å². The Morgan fingerprint density at radius 2 is 1.05 bits per heavy atom. The van der Waals surface area contributed by atoms with Crippen molar-refractivity contribution in [1.29, 1.82) is 0 Å². The van der Waals surface area contributed by atoms with Crippen molar-refractivity contribution in [2.45, 2.75) is 19.3 Å². The van der Waals surface area contributed by atoms with E-state index in [0.717, 1.165) is 72.3 Å². The molecule has 4 nitrogen and oxygen atoms in total. The summed E-state index contributed by atoms with van der Waals surface area (Å²) >= 11 is 0. The topological polar surface area (TPSA) is 43.6 Å². The summed E-state index contributed by atoms with van der Waals surface area (Å²) in [6.07, 6.45) is 0. The number of hydrogen-bond acceptors (Lipinski definition) is 3. The van der Waals surface area contributed by atoms with E-state index in [9.17, 15) is 0 Å². The van der Waals surface area contributed by atoms with Gasteiger partial charge in [0.05, 0.1) is 33.6 Å². The lowest BCUT2D eigenvalue weighted by molar-refractivity contribution is 0.660. The Bertz CT molecular complexity index is 3140. The Kier molecular flexibility index (Phi) is 7.17. The Hall–Kier alpha value is -7.17. The fraction of sp³-hybridized carbons (Fsp3) is 0.0577. The average Bonchev–Trinajstić information content (AvgIpc) is 3.73. The minimum Gasteiger partial charge on any atom is -0.308 e. The second-order valence-electron chi connectivity index (χ2n) is 15.2. The molecule has 0 aliphatic heterocycles. The van der Waals surface area contributed by atoms with Crippen LogP contribution in [0.25, 0.3) is 94.7 Å². The quantitative estimate of drug-likeness (QED) is 0.178. The van der Waals surface area contributed by atoms with Gasteiger partial charge in [-0.15, -0.1) is 0 Å². The van der Waals surface area contributed by atoms with Crippen molar-refractivity contribution in [1.82, 2.24) is 19.5 Å². The molecule has 3 heterocycles. The number of benzene rings is 7. The van der Waals surface area contributed by atoms with Crippen LogP contribution < -0.4 is 0 Å². The summed E-state index contributed by atoms with van der Waals surface area (Å²) < 4.78 is 2.38. The Morgan fingerprint density at radius 1 is 0.446 bits per heavy atom. The molecule has 0 spiro atoms. The summed E-state index contributed by atoms with van der Waals surface area (Å²) in [5, 5.41) is 3.44. The monoisotopic (exact) mass is 716 g/mol. The number of pyridine rings is 1.